The average molecular weight is 1160 g/mol. The van der Waals surface area contributed by atoms with Crippen molar-refractivity contribution in [3.63, 3.8) is 0 Å². The zero-order valence-corrected chi connectivity index (χ0v) is 45.5. The quantitative estimate of drug-likeness (QED) is 0.0220. The number of hydrogen-bond acceptors (Lipinski definition) is 16. The van der Waals surface area contributed by atoms with E-state index in [1.807, 2.05) is 0 Å². The highest BCUT2D eigenvalue weighted by Crippen LogP contribution is 2.46. The van der Waals surface area contributed by atoms with Crippen LogP contribution in [0.5, 0.6) is 0 Å². The predicted molar refractivity (Wildman–Crippen MR) is 293 cm³/mol. The summed E-state index contributed by atoms with van der Waals surface area (Å²) in [5.74, 6) is -8.68. The molecular weight excluding hydrogens is 1100 g/mol. The number of carboxylic acid groups (broad SMARTS) is 1. The molecule has 1 aliphatic carbocycles. The van der Waals surface area contributed by atoms with Crippen LogP contribution in [-0.2, 0) is 76.7 Å². The monoisotopic (exact) mass is 1160 g/mol. The van der Waals surface area contributed by atoms with E-state index in [9.17, 15) is 58.2 Å². The van der Waals surface area contributed by atoms with Gasteiger partial charge in [-0.2, -0.15) is 0 Å². The molecule has 3 aromatic carbocycles. The van der Waals surface area contributed by atoms with Gasteiger partial charge in [0.1, 0.15) is 47.6 Å². The molecule has 438 valence electrons. The number of aliphatic hydroxyl groups excluding tert-OH is 1. The van der Waals surface area contributed by atoms with Crippen LogP contribution < -0.4 is 37.2 Å². The Kier molecular flexibility index (Phi) is 18.0. The van der Waals surface area contributed by atoms with Gasteiger partial charge in [-0.25, -0.2) is 14.2 Å². The number of aryl methyl sites for hydroxylation is 1. The summed E-state index contributed by atoms with van der Waals surface area (Å²) in [6.07, 6.45) is 2.92. The first-order valence-electron chi connectivity index (χ1n) is 26.9. The van der Waals surface area contributed by atoms with E-state index in [0.717, 1.165) is 17.7 Å². The Labute approximate surface area is 478 Å². The van der Waals surface area contributed by atoms with E-state index in [4.69, 9.17) is 19.6 Å². The number of carbonyl (C=O) groups is 10. The van der Waals surface area contributed by atoms with Crippen LogP contribution in [0.15, 0.2) is 96.1 Å². The number of imide groups is 1. The lowest BCUT2D eigenvalue weighted by Crippen LogP contribution is -2.56. The van der Waals surface area contributed by atoms with Crippen LogP contribution in [0.1, 0.15) is 64.9 Å². The Morgan fingerprint density at radius 1 is 0.857 bits per heavy atom. The number of halogens is 1. The summed E-state index contributed by atoms with van der Waals surface area (Å²) in [6, 6.07) is 15.3. The van der Waals surface area contributed by atoms with Crippen molar-refractivity contribution >= 4 is 81.9 Å². The van der Waals surface area contributed by atoms with Gasteiger partial charge < -0.3 is 62.0 Å². The largest absolute Gasteiger partial charge is 0.480 e. The number of fused-ring (bicyclic) bond motifs is 4. The van der Waals surface area contributed by atoms with Crippen LogP contribution in [0.2, 0.25) is 0 Å². The van der Waals surface area contributed by atoms with Crippen molar-refractivity contribution in [2.75, 3.05) is 46.1 Å². The van der Waals surface area contributed by atoms with Gasteiger partial charge in [0.2, 0.25) is 41.1 Å². The second kappa shape index (κ2) is 25.5. The zero-order chi connectivity index (χ0) is 60.0. The van der Waals surface area contributed by atoms with Crippen LogP contribution in [0, 0.1) is 12.7 Å². The minimum absolute atomic E-state index is 0.0170. The lowest BCUT2D eigenvalue weighted by Gasteiger charge is -2.38. The lowest BCUT2D eigenvalue weighted by atomic mass is 9.81. The van der Waals surface area contributed by atoms with Crippen LogP contribution >= 0.6 is 0 Å². The molecule has 9 amide bonds. The Balaban J connectivity index is 0.837. The summed E-state index contributed by atoms with van der Waals surface area (Å²) >= 11 is 0. The molecule has 6 atom stereocenters. The Morgan fingerprint density at radius 3 is 2.17 bits per heavy atom. The number of aliphatic carboxylic acids is 1. The molecule has 84 heavy (non-hydrogen) atoms. The number of ether oxygens (including phenoxy) is 2. The number of carbonyl (C=O) groups excluding carboxylic acids is 9. The van der Waals surface area contributed by atoms with E-state index in [-0.39, 0.29) is 42.5 Å². The summed E-state index contributed by atoms with van der Waals surface area (Å²) < 4.78 is 28.5. The van der Waals surface area contributed by atoms with Crippen molar-refractivity contribution in [3.05, 3.63) is 141 Å². The highest BCUT2D eigenvalue weighted by atomic mass is 19.1. The third kappa shape index (κ3) is 12.7. The Morgan fingerprint density at radius 2 is 1.50 bits per heavy atom. The zero-order valence-electron chi connectivity index (χ0n) is 45.5. The second-order valence-corrected chi connectivity index (χ2v) is 20.4. The normalized spacial score (nSPS) is 19.5. The number of aliphatic hydroxyl groups is 2. The number of pyridine rings is 1. The van der Waals surface area contributed by atoms with Gasteiger partial charge in [-0.1, -0.05) is 67.6 Å². The van der Waals surface area contributed by atoms with Crippen LogP contribution in [0.4, 0.5) is 4.39 Å². The van der Waals surface area contributed by atoms with Crippen LogP contribution in [-0.4, -0.2) is 171 Å². The summed E-state index contributed by atoms with van der Waals surface area (Å²) in [7, 11) is 0. The van der Waals surface area contributed by atoms with Gasteiger partial charge in [-0.15, -0.1) is 4.58 Å². The molecule has 0 bridgehead atoms. The maximum absolute atomic E-state index is 15.6. The molecule has 26 heteroatoms. The number of rotatable bonds is 24. The first kappa shape index (κ1) is 59.4. The van der Waals surface area contributed by atoms with Gasteiger partial charge in [0.15, 0.2) is 12.5 Å². The fraction of sp³-hybridized carbons (Fsp3) is 0.345. The van der Waals surface area contributed by atoms with Crippen molar-refractivity contribution in [3.8, 4) is 0 Å². The molecule has 0 saturated heterocycles. The number of hydrogen-bond donors (Lipinski definition) is 10. The van der Waals surface area contributed by atoms with E-state index in [1.54, 1.807) is 86.8 Å². The fourth-order valence-electron chi connectivity index (χ4n) is 10.7. The number of aromatic nitrogens is 1. The van der Waals surface area contributed by atoms with Crippen molar-refractivity contribution < 1.29 is 81.7 Å². The van der Waals surface area contributed by atoms with Gasteiger partial charge in [-0.05, 0) is 54.0 Å². The molecule has 5 heterocycles. The van der Waals surface area contributed by atoms with E-state index < -0.39 is 141 Å². The molecule has 0 fully saturated rings. The van der Waals surface area contributed by atoms with Gasteiger partial charge >= 0.3 is 11.9 Å². The first-order chi connectivity index (χ1) is 40.3. The molecular formula is C58H60FN10O15+. The molecule has 0 radical (unpaired) electrons. The van der Waals surface area contributed by atoms with Crippen LogP contribution in [0.3, 0.4) is 0 Å². The third-order valence-corrected chi connectivity index (χ3v) is 15.1. The maximum Gasteiger partial charge on any atom is 0.423 e. The molecule has 4 aromatic rings. The van der Waals surface area contributed by atoms with Crippen molar-refractivity contribution in [1.82, 2.24) is 47.1 Å². The fourth-order valence-corrected chi connectivity index (χ4v) is 10.7. The van der Waals surface area contributed by atoms with Crippen LogP contribution in [0.25, 0.3) is 16.6 Å². The summed E-state index contributed by atoms with van der Waals surface area (Å²) in [5.41, 5.74) is 2.81. The maximum atomic E-state index is 15.6. The standard InChI is InChI=1S/C58H59FN10O15/c1-3-58(82)36-20-41-52-34(27-68(41)56(80)35(36)28-83-57(58)81)51-38(15-14-33-30(2)37(59)21-39(66-52)50(33)51)67-55(79)43(19-32-12-8-5-9-13-32)84-29-64-45(71)24-62-53(77)40(18-31-10-6-4-7-11-31)65-46(72)25-61-44(70)23-63-54(78)42(22-60-26-49(75)76)69-47(73)16-17-48(69)74/h4-13,16-17,20-21,27,38,40,42-43,57,60,81-82H,3,14-15,18-19,22-26,28-29H2,1-2H3,(H6-,61,62,63,64,65,67,70,71,72,75,76,77,78,79)/p+1/t38-,40-,42+,43+,57?,58-/m0/s1. The summed E-state index contributed by atoms with van der Waals surface area (Å²) in [5, 5.41) is 49.6. The topological polar surface area (TPSA) is 353 Å². The smallest absolute Gasteiger partial charge is 0.423 e. The van der Waals surface area contributed by atoms with Gasteiger partial charge in [-0.3, -0.25) is 48.1 Å². The minimum atomic E-state index is -1.91. The van der Waals surface area contributed by atoms with Gasteiger partial charge in [0, 0.05) is 54.6 Å². The molecule has 10 N–H and O–H groups in total. The number of nitrogens with zero attached hydrogens (tertiary/aromatic N) is 3. The Hall–Kier alpha value is -9.21. The van der Waals surface area contributed by atoms with Gasteiger partial charge in [0.05, 0.1) is 49.9 Å². The van der Waals surface area contributed by atoms with E-state index in [2.05, 4.69) is 37.2 Å². The molecule has 1 unspecified atom stereocenters. The summed E-state index contributed by atoms with van der Waals surface area (Å²) in [6.45, 7) is -0.490. The molecule has 4 aliphatic heterocycles. The highest BCUT2D eigenvalue weighted by molar-refractivity contribution is 6.15. The summed E-state index contributed by atoms with van der Waals surface area (Å²) in [4.78, 5) is 136. The molecule has 9 rings (SSSR count). The molecule has 0 spiro atoms. The molecule has 5 aliphatic rings. The minimum Gasteiger partial charge on any atom is -0.480 e. The predicted octanol–water partition coefficient (Wildman–Crippen LogP) is -1.36. The molecule has 0 saturated carbocycles. The third-order valence-electron chi connectivity index (χ3n) is 15.1. The lowest BCUT2D eigenvalue weighted by molar-refractivity contribution is -0.350. The number of nitrogens with one attached hydrogen (secondary N) is 7. The van der Waals surface area contributed by atoms with Crippen molar-refractivity contribution in [2.45, 2.75) is 82.1 Å². The number of carboxylic acids is 1. The highest BCUT2D eigenvalue weighted by Gasteiger charge is 2.52. The molecule has 25 nitrogen and oxygen atoms in total. The average Bonchev–Trinajstić information content (AvgIpc) is 1.47. The second-order valence-electron chi connectivity index (χ2n) is 20.4. The van der Waals surface area contributed by atoms with E-state index in [1.165, 1.54) is 10.6 Å². The SMILES string of the molecule is CC[C@]1(O)C2=C(COC1O)C(=O)[N+]1=Cc3c(nc4cc(F)c(C)c5c4c3[C@@H](NC(=O)[C@@H](Cc3ccccc3)OCNC(=O)CNC(=O)[C@H](Cc3ccccc3)NC(=O)CNC(=O)CNC(=O)[C@@H](CNCC(=O)O)N3C(=O)C=CC3=O)CC5)C1=C2. The number of benzene rings is 3. The number of amides is 9. The van der Waals surface area contributed by atoms with E-state index >= 15 is 4.39 Å². The van der Waals surface area contributed by atoms with Crippen molar-refractivity contribution in [1.29, 1.82) is 0 Å². The Bertz CT molecular complexity index is 3500. The first-order valence-corrected chi connectivity index (χ1v) is 26.9. The van der Waals surface area contributed by atoms with E-state index in [0.29, 0.717) is 62.3 Å². The van der Waals surface area contributed by atoms with Gasteiger partial charge in [0.25, 0.3) is 11.8 Å². The van der Waals surface area contributed by atoms with Crippen molar-refractivity contribution in [2.24, 2.45) is 0 Å². The molecule has 1 aromatic heterocycles.